The van der Waals surface area contributed by atoms with E-state index in [-0.39, 0.29) is 11.8 Å². The molecule has 1 heterocycles. The summed E-state index contributed by atoms with van der Waals surface area (Å²) in [6.45, 7) is 8.63. The molecule has 5 heteroatoms. The first kappa shape index (κ1) is 18.5. The number of nitrogens with zero attached hydrogens (tertiary/aromatic N) is 1. The second kappa shape index (κ2) is 8.29. The van der Waals surface area contributed by atoms with Crippen LogP contribution in [0.15, 0.2) is 18.2 Å². The van der Waals surface area contributed by atoms with E-state index in [9.17, 15) is 9.59 Å². The van der Waals surface area contributed by atoms with Crippen LogP contribution in [0.1, 0.15) is 30.9 Å². The molecule has 1 atom stereocenters. The van der Waals surface area contributed by atoms with Gasteiger partial charge in [0.05, 0.1) is 7.05 Å². The van der Waals surface area contributed by atoms with Crippen LogP contribution in [0.5, 0.6) is 0 Å². The van der Waals surface area contributed by atoms with Crippen molar-refractivity contribution in [1.82, 2.24) is 4.90 Å². The highest BCUT2D eigenvalue weighted by molar-refractivity contribution is 5.92. The molecule has 132 valence electrons. The molecule has 0 aromatic heterocycles. The van der Waals surface area contributed by atoms with Gasteiger partial charge < -0.3 is 15.1 Å². The average molecular weight is 332 g/mol. The normalized spacial score (nSPS) is 16.8. The van der Waals surface area contributed by atoms with Crippen LogP contribution in [0.4, 0.5) is 5.69 Å². The largest absolute Gasteiger partial charge is 0.338 e. The van der Waals surface area contributed by atoms with Gasteiger partial charge in [-0.25, -0.2) is 0 Å². The zero-order valence-electron chi connectivity index (χ0n) is 15.3. The number of benzene rings is 1. The Bertz CT molecular complexity index is 592. The Kier molecular flexibility index (Phi) is 6.37. The smallest absolute Gasteiger partial charge is 0.279 e. The van der Waals surface area contributed by atoms with E-state index in [0.29, 0.717) is 19.0 Å². The summed E-state index contributed by atoms with van der Waals surface area (Å²) in [6.07, 6.45) is 2.16. The number of rotatable bonds is 5. The number of hydrogen-bond donors (Lipinski definition) is 2. The molecule has 2 rings (SSSR count). The third kappa shape index (κ3) is 5.06. The van der Waals surface area contributed by atoms with Crippen molar-refractivity contribution in [2.24, 2.45) is 5.92 Å². The van der Waals surface area contributed by atoms with E-state index in [1.54, 1.807) is 0 Å². The third-order valence-electron chi connectivity index (χ3n) is 4.93. The summed E-state index contributed by atoms with van der Waals surface area (Å²) in [5.41, 5.74) is 3.09. The molecule has 0 spiro atoms. The van der Waals surface area contributed by atoms with Gasteiger partial charge in [-0.15, -0.1) is 0 Å². The first-order valence-corrected chi connectivity index (χ1v) is 8.82. The molecule has 0 saturated carbocycles. The van der Waals surface area contributed by atoms with Crippen molar-refractivity contribution in [3.05, 3.63) is 29.3 Å². The standard InChI is InChI=1S/C19H29N3O2/c1-14-8-10-22(11-9-14)19(24)13-21(4)12-18(23)20-17-7-5-6-15(2)16(17)3/h5-7,14H,8-13H2,1-4H3,(H,20,23)/p+1. The van der Waals surface area contributed by atoms with Crippen molar-refractivity contribution in [3.63, 3.8) is 0 Å². The lowest BCUT2D eigenvalue weighted by molar-refractivity contribution is -0.862. The maximum absolute atomic E-state index is 12.3. The fourth-order valence-electron chi connectivity index (χ4n) is 3.05. The van der Waals surface area contributed by atoms with E-state index in [1.807, 2.05) is 44.0 Å². The van der Waals surface area contributed by atoms with Gasteiger partial charge in [-0.2, -0.15) is 0 Å². The lowest BCUT2D eigenvalue weighted by atomic mass is 9.99. The summed E-state index contributed by atoms with van der Waals surface area (Å²) in [5, 5.41) is 2.96. The first-order chi connectivity index (χ1) is 11.4. The molecular weight excluding hydrogens is 302 g/mol. The molecule has 2 amide bonds. The van der Waals surface area contributed by atoms with Gasteiger partial charge in [0.25, 0.3) is 11.8 Å². The number of hydrogen-bond acceptors (Lipinski definition) is 2. The Morgan fingerprint density at radius 1 is 1.21 bits per heavy atom. The zero-order valence-corrected chi connectivity index (χ0v) is 15.3. The molecule has 1 aliphatic rings. The summed E-state index contributed by atoms with van der Waals surface area (Å²) in [4.78, 5) is 27.4. The number of quaternary nitrogens is 1. The van der Waals surface area contributed by atoms with Gasteiger partial charge in [-0.3, -0.25) is 9.59 Å². The van der Waals surface area contributed by atoms with Crippen molar-refractivity contribution in [3.8, 4) is 0 Å². The number of nitrogens with one attached hydrogen (secondary N) is 2. The maximum atomic E-state index is 12.3. The number of piperidine rings is 1. The topological polar surface area (TPSA) is 53.9 Å². The Balaban J connectivity index is 1.81. The molecule has 0 radical (unpaired) electrons. The third-order valence-corrected chi connectivity index (χ3v) is 4.93. The predicted octanol–water partition coefficient (Wildman–Crippen LogP) is 1.02. The number of carbonyl (C=O) groups is 2. The Labute approximate surface area is 145 Å². The lowest BCUT2D eigenvalue weighted by Crippen LogP contribution is -3.11. The van der Waals surface area contributed by atoms with Crippen molar-refractivity contribution < 1.29 is 14.5 Å². The van der Waals surface area contributed by atoms with Crippen molar-refractivity contribution in [2.75, 3.05) is 38.5 Å². The van der Waals surface area contributed by atoms with Crippen molar-refractivity contribution >= 4 is 17.5 Å². The minimum absolute atomic E-state index is 0.0544. The Morgan fingerprint density at radius 3 is 2.54 bits per heavy atom. The van der Waals surface area contributed by atoms with Crippen LogP contribution in [0.2, 0.25) is 0 Å². The molecule has 1 unspecified atom stereocenters. The molecule has 1 fully saturated rings. The number of anilines is 1. The van der Waals surface area contributed by atoms with E-state index in [2.05, 4.69) is 12.2 Å². The fourth-order valence-corrected chi connectivity index (χ4v) is 3.05. The van der Waals surface area contributed by atoms with Crippen molar-refractivity contribution in [1.29, 1.82) is 0 Å². The van der Waals surface area contributed by atoms with Gasteiger partial charge in [0.1, 0.15) is 0 Å². The van der Waals surface area contributed by atoms with Gasteiger partial charge >= 0.3 is 0 Å². The van der Waals surface area contributed by atoms with Gasteiger partial charge in [-0.05, 0) is 49.8 Å². The highest BCUT2D eigenvalue weighted by Gasteiger charge is 2.23. The molecule has 1 aromatic rings. The molecule has 1 saturated heterocycles. The van der Waals surface area contributed by atoms with Crippen LogP contribution in [0.25, 0.3) is 0 Å². The molecular formula is C19H30N3O2+. The quantitative estimate of drug-likeness (QED) is 0.846. The van der Waals surface area contributed by atoms with Crippen LogP contribution < -0.4 is 10.2 Å². The molecule has 0 bridgehead atoms. The second-order valence-electron chi connectivity index (χ2n) is 7.17. The molecule has 24 heavy (non-hydrogen) atoms. The van der Waals surface area contributed by atoms with Crippen LogP contribution >= 0.6 is 0 Å². The number of likely N-dealkylation sites (tertiary alicyclic amines) is 1. The Morgan fingerprint density at radius 2 is 1.88 bits per heavy atom. The number of carbonyl (C=O) groups excluding carboxylic acids is 2. The zero-order chi connectivity index (χ0) is 17.7. The number of amides is 2. The minimum atomic E-state index is -0.0544. The Hall–Kier alpha value is -1.88. The molecule has 5 nitrogen and oxygen atoms in total. The lowest BCUT2D eigenvalue weighted by Gasteiger charge is -2.30. The van der Waals surface area contributed by atoms with Crippen LogP contribution in [0.3, 0.4) is 0 Å². The molecule has 1 aromatic carbocycles. The monoisotopic (exact) mass is 332 g/mol. The van der Waals surface area contributed by atoms with E-state index in [0.717, 1.165) is 47.6 Å². The summed E-state index contributed by atoms with van der Waals surface area (Å²) in [5.74, 6) is 0.808. The van der Waals surface area contributed by atoms with E-state index in [4.69, 9.17) is 0 Å². The van der Waals surface area contributed by atoms with Crippen LogP contribution in [-0.2, 0) is 9.59 Å². The number of likely N-dealkylation sites (N-methyl/N-ethyl adjacent to an activating group) is 1. The molecule has 1 aliphatic heterocycles. The van der Waals surface area contributed by atoms with E-state index < -0.39 is 0 Å². The first-order valence-electron chi connectivity index (χ1n) is 8.82. The van der Waals surface area contributed by atoms with Gasteiger partial charge in [-0.1, -0.05) is 19.1 Å². The van der Waals surface area contributed by atoms with Gasteiger partial charge in [0.15, 0.2) is 13.1 Å². The average Bonchev–Trinajstić information content (AvgIpc) is 2.52. The summed E-state index contributed by atoms with van der Waals surface area (Å²) in [6, 6.07) is 5.88. The summed E-state index contributed by atoms with van der Waals surface area (Å²) < 4.78 is 0. The summed E-state index contributed by atoms with van der Waals surface area (Å²) >= 11 is 0. The molecule has 0 aliphatic carbocycles. The van der Waals surface area contributed by atoms with Gasteiger partial charge in [0.2, 0.25) is 0 Å². The second-order valence-corrected chi connectivity index (χ2v) is 7.17. The maximum Gasteiger partial charge on any atom is 0.279 e. The highest BCUT2D eigenvalue weighted by atomic mass is 16.2. The highest BCUT2D eigenvalue weighted by Crippen LogP contribution is 2.17. The van der Waals surface area contributed by atoms with Crippen LogP contribution in [-0.4, -0.2) is 49.9 Å². The van der Waals surface area contributed by atoms with E-state index in [1.165, 1.54) is 0 Å². The van der Waals surface area contributed by atoms with Crippen LogP contribution in [0, 0.1) is 19.8 Å². The van der Waals surface area contributed by atoms with Crippen molar-refractivity contribution in [2.45, 2.75) is 33.6 Å². The number of aryl methyl sites for hydroxylation is 1. The predicted molar refractivity (Wildman–Crippen MR) is 96.1 cm³/mol. The van der Waals surface area contributed by atoms with Gasteiger partial charge in [0, 0.05) is 18.8 Å². The molecule has 2 N–H and O–H groups in total. The fraction of sp³-hybridized carbons (Fsp3) is 0.579. The minimum Gasteiger partial charge on any atom is -0.338 e. The summed E-state index contributed by atoms with van der Waals surface area (Å²) in [7, 11) is 1.90. The van der Waals surface area contributed by atoms with E-state index >= 15 is 0 Å². The SMILES string of the molecule is Cc1cccc(NC(=O)C[NH+](C)CC(=O)N2CCC(C)CC2)c1C.